The van der Waals surface area contributed by atoms with E-state index in [1.807, 2.05) is 50.2 Å². The van der Waals surface area contributed by atoms with Crippen molar-refractivity contribution >= 4 is 21.6 Å². The molecular weight excluding hydrogens is 372 g/mol. The SMILES string of the molecule is Cc1ccc(S(=O)(=O)N2CCC(CCC(=O)Nc3cccc(C)c3)CC2)cc1. The molecule has 2 aromatic carbocycles. The number of nitrogens with one attached hydrogen (secondary N) is 1. The van der Waals surface area contributed by atoms with E-state index in [0.29, 0.717) is 30.3 Å². The normalized spacial score (nSPS) is 16.1. The Balaban J connectivity index is 1.47. The number of anilines is 1. The monoisotopic (exact) mass is 400 g/mol. The highest BCUT2D eigenvalue weighted by molar-refractivity contribution is 7.89. The Labute approximate surface area is 167 Å². The van der Waals surface area contributed by atoms with E-state index in [-0.39, 0.29) is 5.91 Å². The summed E-state index contributed by atoms with van der Waals surface area (Å²) < 4.78 is 27.1. The highest BCUT2D eigenvalue weighted by atomic mass is 32.2. The van der Waals surface area contributed by atoms with Gasteiger partial charge in [0.25, 0.3) is 0 Å². The first-order chi connectivity index (χ1) is 13.3. The van der Waals surface area contributed by atoms with Gasteiger partial charge in [0.05, 0.1) is 4.90 Å². The summed E-state index contributed by atoms with van der Waals surface area (Å²) >= 11 is 0. The largest absolute Gasteiger partial charge is 0.326 e. The lowest BCUT2D eigenvalue weighted by Gasteiger charge is -2.31. The van der Waals surface area contributed by atoms with Gasteiger partial charge in [-0.2, -0.15) is 4.31 Å². The zero-order valence-corrected chi connectivity index (χ0v) is 17.3. The van der Waals surface area contributed by atoms with E-state index in [2.05, 4.69) is 5.32 Å². The van der Waals surface area contributed by atoms with Crippen molar-refractivity contribution in [1.29, 1.82) is 0 Å². The standard InChI is InChI=1S/C22H28N2O3S/c1-17-6-9-21(10-7-17)28(26,27)24-14-12-19(13-15-24)8-11-22(25)23-20-5-3-4-18(2)16-20/h3-7,9-10,16,19H,8,11-15H2,1-2H3,(H,23,25). The predicted molar refractivity (Wildman–Crippen MR) is 112 cm³/mol. The summed E-state index contributed by atoms with van der Waals surface area (Å²) in [5.74, 6) is 0.396. The summed E-state index contributed by atoms with van der Waals surface area (Å²) in [6, 6.07) is 14.8. The fourth-order valence-corrected chi connectivity index (χ4v) is 5.05. The Kier molecular flexibility index (Phi) is 6.52. The first kappa shape index (κ1) is 20.6. The van der Waals surface area contributed by atoms with Gasteiger partial charge in [-0.1, -0.05) is 29.8 Å². The highest BCUT2D eigenvalue weighted by Gasteiger charge is 2.29. The Morgan fingerprint density at radius 1 is 1.04 bits per heavy atom. The van der Waals surface area contributed by atoms with Gasteiger partial charge in [-0.05, 0) is 68.9 Å². The van der Waals surface area contributed by atoms with Gasteiger partial charge >= 0.3 is 0 Å². The zero-order valence-electron chi connectivity index (χ0n) is 16.5. The molecule has 0 aromatic heterocycles. The summed E-state index contributed by atoms with van der Waals surface area (Å²) in [7, 11) is -3.42. The third-order valence-corrected chi connectivity index (χ3v) is 7.23. The maximum atomic E-state index is 12.8. The number of benzene rings is 2. The highest BCUT2D eigenvalue weighted by Crippen LogP contribution is 2.26. The first-order valence-electron chi connectivity index (χ1n) is 9.78. The molecule has 1 saturated heterocycles. The number of rotatable bonds is 6. The molecule has 0 atom stereocenters. The van der Waals surface area contributed by atoms with Crippen LogP contribution in [0.25, 0.3) is 0 Å². The maximum Gasteiger partial charge on any atom is 0.243 e. The van der Waals surface area contributed by atoms with Crippen LogP contribution in [0, 0.1) is 19.8 Å². The molecule has 2 aromatic rings. The number of sulfonamides is 1. The number of hydrogen-bond acceptors (Lipinski definition) is 3. The van der Waals surface area contributed by atoms with Crippen molar-refractivity contribution in [2.45, 2.75) is 44.4 Å². The number of carbonyl (C=O) groups excluding carboxylic acids is 1. The summed E-state index contributed by atoms with van der Waals surface area (Å²) in [6.45, 7) is 4.96. The lowest BCUT2D eigenvalue weighted by molar-refractivity contribution is -0.116. The van der Waals surface area contributed by atoms with E-state index in [0.717, 1.165) is 36.1 Å². The number of piperidine rings is 1. The number of carbonyl (C=O) groups is 1. The Hall–Kier alpha value is -2.18. The zero-order chi connectivity index (χ0) is 20.1. The smallest absolute Gasteiger partial charge is 0.243 e. The Morgan fingerprint density at radius 3 is 2.36 bits per heavy atom. The molecule has 1 fully saturated rings. The molecule has 0 unspecified atom stereocenters. The molecule has 6 heteroatoms. The van der Waals surface area contributed by atoms with Crippen molar-refractivity contribution in [2.75, 3.05) is 18.4 Å². The predicted octanol–water partition coefficient (Wildman–Crippen LogP) is 4.12. The van der Waals surface area contributed by atoms with Gasteiger partial charge in [0.2, 0.25) is 15.9 Å². The van der Waals surface area contributed by atoms with Crippen LogP contribution in [0.1, 0.15) is 36.8 Å². The molecule has 1 aliphatic rings. The second kappa shape index (κ2) is 8.88. The second-order valence-corrected chi connectivity index (χ2v) is 9.55. The minimum atomic E-state index is -3.42. The van der Waals surface area contributed by atoms with Gasteiger partial charge in [0, 0.05) is 25.2 Å². The van der Waals surface area contributed by atoms with Crippen molar-refractivity contribution in [3.63, 3.8) is 0 Å². The lowest BCUT2D eigenvalue weighted by Crippen LogP contribution is -2.38. The van der Waals surface area contributed by atoms with E-state index in [9.17, 15) is 13.2 Å². The minimum Gasteiger partial charge on any atom is -0.326 e. The van der Waals surface area contributed by atoms with Gasteiger partial charge in [-0.3, -0.25) is 4.79 Å². The molecule has 1 aliphatic heterocycles. The van der Waals surface area contributed by atoms with E-state index in [1.165, 1.54) is 0 Å². The Morgan fingerprint density at radius 2 is 1.71 bits per heavy atom. The molecule has 0 radical (unpaired) electrons. The average Bonchev–Trinajstić information content (AvgIpc) is 2.67. The molecule has 1 amide bonds. The molecule has 150 valence electrons. The molecular formula is C22H28N2O3S. The summed E-state index contributed by atoms with van der Waals surface area (Å²) in [5, 5.41) is 2.94. The van der Waals surface area contributed by atoms with Crippen molar-refractivity contribution in [1.82, 2.24) is 4.31 Å². The molecule has 0 aliphatic carbocycles. The van der Waals surface area contributed by atoms with Crippen LogP contribution in [0.4, 0.5) is 5.69 Å². The van der Waals surface area contributed by atoms with Crippen LogP contribution in [0.15, 0.2) is 53.4 Å². The molecule has 28 heavy (non-hydrogen) atoms. The van der Waals surface area contributed by atoms with Crippen LogP contribution in [0.5, 0.6) is 0 Å². The van der Waals surface area contributed by atoms with Crippen LogP contribution < -0.4 is 5.32 Å². The van der Waals surface area contributed by atoms with Crippen molar-refractivity contribution in [3.05, 3.63) is 59.7 Å². The molecule has 0 bridgehead atoms. The van der Waals surface area contributed by atoms with Gasteiger partial charge in [0.1, 0.15) is 0 Å². The van der Waals surface area contributed by atoms with Crippen molar-refractivity contribution < 1.29 is 13.2 Å². The van der Waals surface area contributed by atoms with E-state index >= 15 is 0 Å². The maximum absolute atomic E-state index is 12.8. The number of aryl methyl sites for hydroxylation is 2. The number of nitrogens with zero attached hydrogens (tertiary/aromatic N) is 1. The van der Waals surface area contributed by atoms with Gasteiger partial charge in [-0.25, -0.2) is 8.42 Å². The van der Waals surface area contributed by atoms with Gasteiger partial charge in [-0.15, -0.1) is 0 Å². The van der Waals surface area contributed by atoms with Gasteiger partial charge in [0.15, 0.2) is 0 Å². The quantitative estimate of drug-likeness (QED) is 0.793. The third kappa shape index (κ3) is 5.20. The summed E-state index contributed by atoms with van der Waals surface area (Å²) in [4.78, 5) is 12.5. The minimum absolute atomic E-state index is 0.0142. The number of amides is 1. The average molecular weight is 401 g/mol. The molecule has 0 saturated carbocycles. The molecule has 1 heterocycles. The van der Waals surface area contributed by atoms with Crippen LogP contribution in [-0.2, 0) is 14.8 Å². The molecule has 5 nitrogen and oxygen atoms in total. The number of hydrogen-bond donors (Lipinski definition) is 1. The lowest BCUT2D eigenvalue weighted by atomic mass is 9.93. The third-order valence-electron chi connectivity index (χ3n) is 5.31. The topological polar surface area (TPSA) is 66.5 Å². The summed E-state index contributed by atoms with van der Waals surface area (Å²) in [5.41, 5.74) is 2.98. The van der Waals surface area contributed by atoms with Crippen molar-refractivity contribution in [3.8, 4) is 0 Å². The second-order valence-electron chi connectivity index (χ2n) is 7.62. The summed E-state index contributed by atoms with van der Waals surface area (Å²) in [6.07, 6.45) is 2.84. The van der Waals surface area contributed by atoms with Crippen LogP contribution in [0.2, 0.25) is 0 Å². The van der Waals surface area contributed by atoms with E-state index in [4.69, 9.17) is 0 Å². The molecule has 3 rings (SSSR count). The fourth-order valence-electron chi connectivity index (χ4n) is 3.58. The van der Waals surface area contributed by atoms with Gasteiger partial charge < -0.3 is 5.32 Å². The molecule has 1 N–H and O–H groups in total. The van der Waals surface area contributed by atoms with E-state index < -0.39 is 10.0 Å². The van der Waals surface area contributed by atoms with E-state index in [1.54, 1.807) is 16.4 Å². The Bertz CT molecular complexity index is 915. The fraction of sp³-hybridized carbons (Fsp3) is 0.409. The van der Waals surface area contributed by atoms with Crippen LogP contribution in [-0.4, -0.2) is 31.7 Å². The first-order valence-corrected chi connectivity index (χ1v) is 11.2. The van der Waals surface area contributed by atoms with Crippen LogP contribution >= 0.6 is 0 Å². The van der Waals surface area contributed by atoms with Crippen molar-refractivity contribution in [2.24, 2.45) is 5.92 Å². The molecule has 0 spiro atoms. The van der Waals surface area contributed by atoms with Crippen LogP contribution in [0.3, 0.4) is 0 Å².